The summed E-state index contributed by atoms with van der Waals surface area (Å²) in [6, 6.07) is 5.54. The van der Waals surface area contributed by atoms with E-state index in [1.165, 1.54) is 0 Å². The van der Waals surface area contributed by atoms with E-state index in [1.54, 1.807) is 6.07 Å². The first-order chi connectivity index (χ1) is 9.16. The Hall–Kier alpha value is -1.55. The first kappa shape index (κ1) is 13.9. The van der Waals surface area contributed by atoms with Crippen molar-refractivity contribution in [1.29, 1.82) is 0 Å². The van der Waals surface area contributed by atoms with Gasteiger partial charge in [-0.2, -0.15) is 0 Å². The first-order valence-corrected chi connectivity index (χ1v) is 6.94. The van der Waals surface area contributed by atoms with Gasteiger partial charge < -0.3 is 15.3 Å². The molecule has 1 aromatic carbocycles. The lowest BCUT2D eigenvalue weighted by Gasteiger charge is -2.19. The largest absolute Gasteiger partial charge is 0.508 e. The first-order valence-electron chi connectivity index (χ1n) is 6.94. The van der Waals surface area contributed by atoms with Crippen LogP contribution >= 0.6 is 0 Å². The molecule has 0 radical (unpaired) electrons. The van der Waals surface area contributed by atoms with Crippen molar-refractivity contribution in [2.24, 2.45) is 0 Å². The molecule has 0 atom stereocenters. The Bertz CT molecular complexity index is 438. The van der Waals surface area contributed by atoms with E-state index in [2.05, 4.69) is 5.32 Å². The van der Waals surface area contributed by atoms with Crippen molar-refractivity contribution in [1.82, 2.24) is 10.2 Å². The number of phenolic OH excluding ortho intramolecular Hbond substituents is 1. The Morgan fingerprint density at radius 3 is 3.00 bits per heavy atom. The number of aryl methyl sites for hydroxylation is 2. The molecule has 104 valence electrons. The molecule has 1 saturated heterocycles. The Labute approximate surface area is 114 Å². The molecule has 4 heteroatoms. The Morgan fingerprint density at radius 1 is 1.37 bits per heavy atom. The SMILES string of the molecule is Cc1cc(CCC(=O)N2CCCNCC2)ccc1O. The van der Waals surface area contributed by atoms with Gasteiger partial charge in [-0.1, -0.05) is 12.1 Å². The van der Waals surface area contributed by atoms with Gasteiger partial charge in [0.05, 0.1) is 0 Å². The van der Waals surface area contributed by atoms with E-state index in [0.29, 0.717) is 12.2 Å². The van der Waals surface area contributed by atoms with Crippen molar-refractivity contribution in [3.05, 3.63) is 29.3 Å². The smallest absolute Gasteiger partial charge is 0.222 e. The average molecular weight is 262 g/mol. The van der Waals surface area contributed by atoms with Crippen LogP contribution in [0, 0.1) is 6.92 Å². The lowest BCUT2D eigenvalue weighted by molar-refractivity contribution is -0.130. The van der Waals surface area contributed by atoms with E-state index in [0.717, 1.165) is 50.1 Å². The van der Waals surface area contributed by atoms with Gasteiger partial charge in [-0.15, -0.1) is 0 Å². The Balaban J connectivity index is 1.86. The summed E-state index contributed by atoms with van der Waals surface area (Å²) in [7, 11) is 0. The fourth-order valence-corrected chi connectivity index (χ4v) is 2.38. The highest BCUT2D eigenvalue weighted by Crippen LogP contribution is 2.18. The number of nitrogens with zero attached hydrogens (tertiary/aromatic N) is 1. The zero-order valence-electron chi connectivity index (χ0n) is 11.5. The molecule has 2 rings (SSSR count). The molecule has 0 unspecified atom stereocenters. The van der Waals surface area contributed by atoms with E-state index < -0.39 is 0 Å². The maximum atomic E-state index is 12.1. The van der Waals surface area contributed by atoms with Gasteiger partial charge in [0, 0.05) is 26.1 Å². The third-order valence-electron chi connectivity index (χ3n) is 3.58. The standard InChI is InChI=1S/C15H22N2O2/c1-12-11-13(3-5-14(12)18)4-6-15(19)17-9-2-7-16-8-10-17/h3,5,11,16,18H,2,4,6-10H2,1H3. The molecule has 0 aliphatic carbocycles. The maximum Gasteiger partial charge on any atom is 0.222 e. The molecular weight excluding hydrogens is 240 g/mol. The summed E-state index contributed by atoms with van der Waals surface area (Å²) in [5.41, 5.74) is 1.97. The van der Waals surface area contributed by atoms with Crippen LogP contribution in [0.5, 0.6) is 5.75 Å². The number of phenols is 1. The lowest BCUT2D eigenvalue weighted by atomic mass is 10.1. The minimum Gasteiger partial charge on any atom is -0.508 e. The molecule has 1 aromatic rings. The number of amides is 1. The van der Waals surface area contributed by atoms with Crippen LogP contribution in [0.2, 0.25) is 0 Å². The third kappa shape index (κ3) is 3.96. The Morgan fingerprint density at radius 2 is 2.21 bits per heavy atom. The van der Waals surface area contributed by atoms with Crippen molar-refractivity contribution in [3.63, 3.8) is 0 Å². The van der Waals surface area contributed by atoms with Crippen LogP contribution in [-0.4, -0.2) is 42.1 Å². The molecule has 0 spiro atoms. The fraction of sp³-hybridized carbons (Fsp3) is 0.533. The molecule has 1 amide bonds. The predicted octanol–water partition coefficient (Wildman–Crippen LogP) is 1.46. The van der Waals surface area contributed by atoms with Gasteiger partial charge >= 0.3 is 0 Å². The van der Waals surface area contributed by atoms with Crippen molar-refractivity contribution in [2.45, 2.75) is 26.2 Å². The predicted molar refractivity (Wildman–Crippen MR) is 75.2 cm³/mol. The number of benzene rings is 1. The van der Waals surface area contributed by atoms with Crippen LogP contribution in [-0.2, 0) is 11.2 Å². The fourth-order valence-electron chi connectivity index (χ4n) is 2.38. The zero-order valence-corrected chi connectivity index (χ0v) is 11.5. The van der Waals surface area contributed by atoms with Gasteiger partial charge in [-0.05, 0) is 43.5 Å². The van der Waals surface area contributed by atoms with Crippen molar-refractivity contribution in [3.8, 4) is 5.75 Å². The lowest BCUT2D eigenvalue weighted by Crippen LogP contribution is -2.34. The van der Waals surface area contributed by atoms with Crippen LogP contribution in [0.3, 0.4) is 0 Å². The summed E-state index contributed by atoms with van der Waals surface area (Å²) in [6.07, 6.45) is 2.32. The minimum absolute atomic E-state index is 0.231. The molecule has 0 aromatic heterocycles. The second kappa shape index (κ2) is 6.57. The molecule has 1 aliphatic rings. The van der Waals surface area contributed by atoms with E-state index in [4.69, 9.17) is 0 Å². The highest BCUT2D eigenvalue weighted by Gasteiger charge is 2.14. The number of carbonyl (C=O) groups excluding carboxylic acids is 1. The molecule has 1 fully saturated rings. The van der Waals surface area contributed by atoms with Crippen molar-refractivity contribution < 1.29 is 9.90 Å². The topological polar surface area (TPSA) is 52.6 Å². The minimum atomic E-state index is 0.231. The highest BCUT2D eigenvalue weighted by molar-refractivity contribution is 5.76. The molecule has 2 N–H and O–H groups in total. The maximum absolute atomic E-state index is 12.1. The highest BCUT2D eigenvalue weighted by atomic mass is 16.3. The van der Waals surface area contributed by atoms with Gasteiger partial charge in [0.2, 0.25) is 5.91 Å². The normalized spacial score (nSPS) is 16.2. The number of aromatic hydroxyl groups is 1. The third-order valence-corrected chi connectivity index (χ3v) is 3.58. The van der Waals surface area contributed by atoms with E-state index in [9.17, 15) is 9.90 Å². The van der Waals surface area contributed by atoms with Gasteiger partial charge in [0.25, 0.3) is 0 Å². The number of hydrogen-bond acceptors (Lipinski definition) is 3. The molecular formula is C15H22N2O2. The monoisotopic (exact) mass is 262 g/mol. The van der Waals surface area contributed by atoms with E-state index >= 15 is 0 Å². The summed E-state index contributed by atoms with van der Waals surface area (Å²) in [5, 5.41) is 12.8. The van der Waals surface area contributed by atoms with Crippen LogP contribution in [0.25, 0.3) is 0 Å². The molecule has 4 nitrogen and oxygen atoms in total. The van der Waals surface area contributed by atoms with E-state index in [1.807, 2.05) is 24.0 Å². The van der Waals surface area contributed by atoms with Gasteiger partial charge in [0.1, 0.15) is 5.75 Å². The Kier molecular flexibility index (Phi) is 4.80. The number of nitrogens with one attached hydrogen (secondary N) is 1. The van der Waals surface area contributed by atoms with Gasteiger partial charge in [-0.3, -0.25) is 4.79 Å². The quantitative estimate of drug-likeness (QED) is 0.867. The summed E-state index contributed by atoms with van der Waals surface area (Å²) < 4.78 is 0. The van der Waals surface area contributed by atoms with Crippen LogP contribution in [0.1, 0.15) is 24.0 Å². The van der Waals surface area contributed by atoms with Crippen LogP contribution in [0.15, 0.2) is 18.2 Å². The molecule has 19 heavy (non-hydrogen) atoms. The van der Waals surface area contributed by atoms with Crippen LogP contribution in [0.4, 0.5) is 0 Å². The molecule has 0 saturated carbocycles. The van der Waals surface area contributed by atoms with Gasteiger partial charge in [-0.25, -0.2) is 0 Å². The summed E-state index contributed by atoms with van der Waals surface area (Å²) in [4.78, 5) is 14.1. The van der Waals surface area contributed by atoms with Gasteiger partial charge in [0.15, 0.2) is 0 Å². The van der Waals surface area contributed by atoms with E-state index in [-0.39, 0.29) is 5.91 Å². The summed E-state index contributed by atoms with van der Waals surface area (Å²) in [5.74, 6) is 0.545. The second-order valence-corrected chi connectivity index (χ2v) is 5.11. The second-order valence-electron chi connectivity index (χ2n) is 5.11. The zero-order chi connectivity index (χ0) is 13.7. The molecule has 0 bridgehead atoms. The summed E-state index contributed by atoms with van der Waals surface area (Å²) in [6.45, 7) is 5.44. The number of hydrogen-bond donors (Lipinski definition) is 2. The number of carbonyl (C=O) groups is 1. The summed E-state index contributed by atoms with van der Waals surface area (Å²) >= 11 is 0. The molecule has 1 heterocycles. The average Bonchev–Trinajstić information content (AvgIpc) is 2.69. The molecule has 1 aliphatic heterocycles. The van der Waals surface area contributed by atoms with Crippen molar-refractivity contribution >= 4 is 5.91 Å². The van der Waals surface area contributed by atoms with Crippen LogP contribution < -0.4 is 5.32 Å². The number of rotatable bonds is 3. The van der Waals surface area contributed by atoms with Crippen molar-refractivity contribution in [2.75, 3.05) is 26.2 Å².